The van der Waals surface area contributed by atoms with Crippen molar-refractivity contribution >= 4 is 41.5 Å². The summed E-state index contributed by atoms with van der Waals surface area (Å²) in [4.78, 5) is 7.26. The van der Waals surface area contributed by atoms with Crippen molar-refractivity contribution in [2.45, 2.75) is 52.2 Å². The van der Waals surface area contributed by atoms with Crippen LogP contribution in [0.15, 0.2) is 23.2 Å². The Morgan fingerprint density at radius 3 is 2.62 bits per heavy atom. The molecule has 0 aliphatic carbocycles. The van der Waals surface area contributed by atoms with Gasteiger partial charge in [-0.3, -0.25) is 0 Å². The molecule has 2 N–H and O–H groups in total. The lowest BCUT2D eigenvalue weighted by molar-refractivity contribution is 0.167. The summed E-state index contributed by atoms with van der Waals surface area (Å²) < 4.78 is 5.40. The van der Waals surface area contributed by atoms with E-state index in [2.05, 4.69) is 36.3 Å². The van der Waals surface area contributed by atoms with Crippen LogP contribution in [0.1, 0.15) is 39.2 Å². The van der Waals surface area contributed by atoms with Gasteiger partial charge in [0.2, 0.25) is 0 Å². The molecule has 1 aromatic carbocycles. The molecule has 0 amide bonds. The van der Waals surface area contributed by atoms with Crippen LogP contribution in [-0.2, 0) is 6.54 Å². The molecule has 0 bridgehead atoms. The summed E-state index contributed by atoms with van der Waals surface area (Å²) in [6.45, 7) is 10.3. The van der Waals surface area contributed by atoms with Crippen LogP contribution >= 0.6 is 35.6 Å². The van der Waals surface area contributed by atoms with E-state index in [0.717, 1.165) is 49.7 Å². The minimum atomic E-state index is 0. The number of guanidine groups is 1. The number of hydrogen-bond donors (Lipinski definition) is 2. The lowest BCUT2D eigenvalue weighted by atomic mass is 10.0. The quantitative estimate of drug-likeness (QED) is 0.358. The Hall–Kier alpha value is -0.730. The van der Waals surface area contributed by atoms with E-state index in [1.807, 2.05) is 18.2 Å². The molecule has 1 heterocycles. The van der Waals surface area contributed by atoms with E-state index in [0.29, 0.717) is 23.7 Å². The smallest absolute Gasteiger partial charge is 0.191 e. The second-order valence-corrected chi connectivity index (χ2v) is 7.14. The van der Waals surface area contributed by atoms with Crippen molar-refractivity contribution in [2.24, 2.45) is 4.99 Å². The number of ether oxygens (including phenoxy) is 1. The second-order valence-electron chi connectivity index (χ2n) is 6.70. The van der Waals surface area contributed by atoms with E-state index in [1.165, 1.54) is 0 Å². The van der Waals surface area contributed by atoms with Crippen molar-refractivity contribution in [3.8, 4) is 5.75 Å². The maximum atomic E-state index is 6.03. The normalized spacial score (nSPS) is 16.3. The molecule has 0 aromatic heterocycles. The molecule has 1 aliphatic heterocycles. The van der Waals surface area contributed by atoms with Gasteiger partial charge in [0.15, 0.2) is 5.96 Å². The molecule has 2 rings (SSSR count). The van der Waals surface area contributed by atoms with E-state index in [-0.39, 0.29) is 24.0 Å². The van der Waals surface area contributed by atoms with Crippen molar-refractivity contribution in [2.75, 3.05) is 26.7 Å². The van der Waals surface area contributed by atoms with Crippen LogP contribution in [0.5, 0.6) is 5.75 Å². The zero-order valence-corrected chi connectivity index (χ0v) is 19.3. The first-order valence-electron chi connectivity index (χ1n) is 9.14. The molecule has 1 saturated heterocycles. The fourth-order valence-electron chi connectivity index (χ4n) is 3.09. The molecule has 0 atom stereocenters. The van der Waals surface area contributed by atoms with E-state index < -0.39 is 0 Å². The van der Waals surface area contributed by atoms with Crippen LogP contribution in [0.4, 0.5) is 0 Å². The van der Waals surface area contributed by atoms with Gasteiger partial charge in [-0.25, -0.2) is 4.99 Å². The third-order valence-corrected chi connectivity index (χ3v) is 4.84. The fraction of sp³-hybridized carbons (Fsp3) is 0.632. The average Bonchev–Trinajstić information content (AvgIpc) is 2.61. The minimum absolute atomic E-state index is 0. The lowest BCUT2D eigenvalue weighted by Gasteiger charge is -2.35. The monoisotopic (exact) mass is 494 g/mol. The Morgan fingerprint density at radius 1 is 1.35 bits per heavy atom. The molecule has 1 aliphatic rings. The van der Waals surface area contributed by atoms with Crippen LogP contribution in [0.25, 0.3) is 0 Å². The summed E-state index contributed by atoms with van der Waals surface area (Å²) in [5.74, 6) is 1.64. The second kappa shape index (κ2) is 11.9. The van der Waals surface area contributed by atoms with Gasteiger partial charge in [-0.2, -0.15) is 0 Å². The first kappa shape index (κ1) is 23.3. The Kier molecular flexibility index (Phi) is 10.6. The Labute approximate surface area is 179 Å². The zero-order chi connectivity index (χ0) is 18.2. The fourth-order valence-corrected chi connectivity index (χ4v) is 3.25. The number of halogens is 2. The highest BCUT2D eigenvalue weighted by Gasteiger charge is 2.21. The molecule has 7 heteroatoms. The van der Waals surface area contributed by atoms with Crippen molar-refractivity contribution in [1.29, 1.82) is 0 Å². The predicted molar refractivity (Wildman–Crippen MR) is 121 cm³/mol. The van der Waals surface area contributed by atoms with Crippen molar-refractivity contribution in [3.63, 3.8) is 0 Å². The molecule has 0 saturated carbocycles. The summed E-state index contributed by atoms with van der Waals surface area (Å²) in [5.41, 5.74) is 1.03. The van der Waals surface area contributed by atoms with Crippen LogP contribution < -0.4 is 15.4 Å². The van der Waals surface area contributed by atoms with Crippen molar-refractivity contribution < 1.29 is 4.74 Å². The lowest BCUT2D eigenvalue weighted by Crippen LogP contribution is -2.49. The largest absolute Gasteiger partial charge is 0.496 e. The van der Waals surface area contributed by atoms with Gasteiger partial charge < -0.3 is 20.3 Å². The molecule has 26 heavy (non-hydrogen) atoms. The molecular weight excluding hydrogens is 463 g/mol. The van der Waals surface area contributed by atoms with E-state index in [9.17, 15) is 0 Å². The van der Waals surface area contributed by atoms with Crippen LogP contribution in [0.3, 0.4) is 0 Å². The summed E-state index contributed by atoms with van der Waals surface area (Å²) in [7, 11) is 1.66. The van der Waals surface area contributed by atoms with Crippen molar-refractivity contribution in [3.05, 3.63) is 28.8 Å². The van der Waals surface area contributed by atoms with Gasteiger partial charge >= 0.3 is 0 Å². The summed E-state index contributed by atoms with van der Waals surface area (Å²) in [6, 6.07) is 6.76. The van der Waals surface area contributed by atoms with Gasteiger partial charge in [-0.1, -0.05) is 17.7 Å². The van der Waals surface area contributed by atoms with E-state index >= 15 is 0 Å². The average molecular weight is 495 g/mol. The maximum Gasteiger partial charge on any atom is 0.191 e. The Balaban J connectivity index is 0.00000338. The molecule has 148 valence electrons. The number of nitrogens with zero attached hydrogens (tertiary/aromatic N) is 2. The standard InChI is InChI=1S/C19H31ClN4O.HI/c1-5-21-19(23-17-8-10-24(11-9-17)14(2)3)22-13-15-6-7-16(20)12-18(15)25-4;/h6-7,12,14,17H,5,8-11,13H2,1-4H3,(H2,21,22,23);1H. The summed E-state index contributed by atoms with van der Waals surface area (Å²) >= 11 is 6.03. The number of benzene rings is 1. The summed E-state index contributed by atoms with van der Waals surface area (Å²) in [5, 5.41) is 7.59. The topological polar surface area (TPSA) is 48.9 Å². The number of nitrogens with one attached hydrogen (secondary N) is 2. The van der Waals surface area contributed by atoms with Gasteiger partial charge in [0.05, 0.1) is 13.7 Å². The summed E-state index contributed by atoms with van der Waals surface area (Å²) in [6.07, 6.45) is 2.29. The first-order valence-corrected chi connectivity index (χ1v) is 9.52. The maximum absolute atomic E-state index is 6.03. The van der Waals surface area contributed by atoms with Crippen LogP contribution in [-0.4, -0.2) is 49.7 Å². The molecule has 0 radical (unpaired) electrons. The van der Waals surface area contributed by atoms with Crippen LogP contribution in [0.2, 0.25) is 5.02 Å². The number of likely N-dealkylation sites (tertiary alicyclic amines) is 1. The minimum Gasteiger partial charge on any atom is -0.496 e. The van der Waals surface area contributed by atoms with E-state index in [1.54, 1.807) is 7.11 Å². The highest BCUT2D eigenvalue weighted by Crippen LogP contribution is 2.23. The third-order valence-electron chi connectivity index (χ3n) is 4.60. The Morgan fingerprint density at radius 2 is 2.04 bits per heavy atom. The first-order chi connectivity index (χ1) is 12.0. The predicted octanol–water partition coefficient (Wildman–Crippen LogP) is 3.89. The van der Waals surface area contributed by atoms with Gasteiger partial charge in [-0.15, -0.1) is 24.0 Å². The number of rotatable bonds is 6. The van der Waals surface area contributed by atoms with Crippen molar-refractivity contribution in [1.82, 2.24) is 15.5 Å². The third kappa shape index (κ3) is 7.12. The number of aliphatic imine (C=N–C) groups is 1. The number of methoxy groups -OCH3 is 1. The molecule has 0 unspecified atom stereocenters. The highest BCUT2D eigenvalue weighted by molar-refractivity contribution is 14.0. The molecule has 1 fully saturated rings. The van der Waals surface area contributed by atoms with Gasteiger partial charge in [0, 0.05) is 42.3 Å². The molecule has 0 spiro atoms. The molecule has 5 nitrogen and oxygen atoms in total. The number of piperidine rings is 1. The zero-order valence-electron chi connectivity index (χ0n) is 16.2. The van der Waals surface area contributed by atoms with Gasteiger partial charge in [0.25, 0.3) is 0 Å². The Bertz CT molecular complexity index is 575. The van der Waals surface area contributed by atoms with Gasteiger partial charge in [0.1, 0.15) is 5.75 Å². The highest BCUT2D eigenvalue weighted by atomic mass is 127. The van der Waals surface area contributed by atoms with Crippen LogP contribution in [0, 0.1) is 0 Å². The van der Waals surface area contributed by atoms with E-state index in [4.69, 9.17) is 21.3 Å². The molecular formula is C19H32ClIN4O. The SMILES string of the molecule is CCNC(=NCc1ccc(Cl)cc1OC)NC1CCN(C(C)C)CC1.I. The van der Waals surface area contributed by atoms with Gasteiger partial charge in [-0.05, 0) is 45.7 Å². The molecule has 1 aromatic rings. The number of hydrogen-bond acceptors (Lipinski definition) is 3.